The van der Waals surface area contributed by atoms with Crippen molar-refractivity contribution in [3.05, 3.63) is 24.3 Å². The number of hydrogen-bond donors (Lipinski definition) is 0. The molecule has 90 valence electrons. The second-order valence-corrected chi connectivity index (χ2v) is 5.47. The molecule has 0 fully saturated rings. The number of ketones is 2. The normalized spacial score (nSPS) is 12.1. The van der Waals surface area contributed by atoms with Gasteiger partial charge in [0.1, 0.15) is 0 Å². The molecule has 0 amide bonds. The second-order valence-electron chi connectivity index (χ2n) is 5.47. The van der Waals surface area contributed by atoms with Crippen LogP contribution in [0.4, 0.5) is 0 Å². The number of carbonyl (C=O) groups is 2. The Morgan fingerprint density at radius 2 is 0.938 bits per heavy atom. The minimum Gasteiger partial charge on any atom is -0.294 e. The highest BCUT2D eigenvalue weighted by atomic mass is 16.1. The fraction of sp³-hybridized carbons (Fsp3) is 0.571. The van der Waals surface area contributed by atoms with Crippen LogP contribution in [0.2, 0.25) is 0 Å². The summed E-state index contributed by atoms with van der Waals surface area (Å²) in [6, 6.07) is 0. The first-order valence-electron chi connectivity index (χ1n) is 5.37. The molecule has 0 radical (unpaired) electrons. The Morgan fingerprint density at radius 1 is 0.750 bits per heavy atom. The van der Waals surface area contributed by atoms with E-state index in [1.807, 2.05) is 0 Å². The molecule has 0 bridgehead atoms. The lowest BCUT2D eigenvalue weighted by Gasteiger charge is -2.39. The number of rotatable bonds is 5. The molecule has 0 saturated heterocycles. The zero-order chi connectivity index (χ0) is 13.3. The van der Waals surface area contributed by atoms with Crippen LogP contribution < -0.4 is 0 Å². The standard InChI is InChI=1S/C14H22O2/c1-9(2)11(15)13(5,6)14(7,8)12(16)10(3)4/h1,3H2,2,4-8H3. The number of Topliss-reactive ketones (excluding diaryl/α,β-unsaturated/α-hetero) is 2. The fourth-order valence-corrected chi connectivity index (χ4v) is 1.63. The van der Waals surface area contributed by atoms with Gasteiger partial charge in [-0.25, -0.2) is 0 Å². The number of carbonyl (C=O) groups excluding carboxylic acids is 2. The molecule has 0 aromatic rings. The highest BCUT2D eigenvalue weighted by Gasteiger charge is 2.47. The molecule has 0 spiro atoms. The van der Waals surface area contributed by atoms with E-state index in [0.29, 0.717) is 11.1 Å². The fourth-order valence-electron chi connectivity index (χ4n) is 1.63. The minimum atomic E-state index is -0.769. The third kappa shape index (κ3) is 2.31. The SMILES string of the molecule is C=C(C)C(=O)C(C)(C)C(C)(C)C(=O)C(=C)C. The average Bonchev–Trinajstić information content (AvgIpc) is 2.14. The number of hydrogen-bond acceptors (Lipinski definition) is 2. The molecule has 0 aliphatic carbocycles. The maximum atomic E-state index is 12.1. The summed E-state index contributed by atoms with van der Waals surface area (Å²) in [5, 5.41) is 0. The van der Waals surface area contributed by atoms with Crippen LogP contribution in [0.5, 0.6) is 0 Å². The average molecular weight is 222 g/mol. The summed E-state index contributed by atoms with van der Waals surface area (Å²) in [5.74, 6) is -0.154. The highest BCUT2D eigenvalue weighted by Crippen LogP contribution is 2.42. The minimum absolute atomic E-state index is 0.0768. The first kappa shape index (κ1) is 14.8. The smallest absolute Gasteiger partial charge is 0.164 e. The summed E-state index contributed by atoms with van der Waals surface area (Å²) in [4.78, 5) is 24.1. The van der Waals surface area contributed by atoms with Gasteiger partial charge in [-0.3, -0.25) is 9.59 Å². The van der Waals surface area contributed by atoms with Crippen LogP contribution >= 0.6 is 0 Å². The Labute approximate surface area is 98.4 Å². The van der Waals surface area contributed by atoms with E-state index < -0.39 is 10.8 Å². The molecule has 0 unspecified atom stereocenters. The van der Waals surface area contributed by atoms with Crippen molar-refractivity contribution in [1.29, 1.82) is 0 Å². The van der Waals surface area contributed by atoms with Gasteiger partial charge >= 0.3 is 0 Å². The molecule has 0 aliphatic rings. The Bertz CT molecular complexity index is 321. The van der Waals surface area contributed by atoms with Gasteiger partial charge in [-0.05, 0) is 25.0 Å². The van der Waals surface area contributed by atoms with Crippen molar-refractivity contribution in [3.63, 3.8) is 0 Å². The molecule has 0 heterocycles. The van der Waals surface area contributed by atoms with Crippen molar-refractivity contribution < 1.29 is 9.59 Å². The summed E-state index contributed by atoms with van der Waals surface area (Å²) < 4.78 is 0. The molecular weight excluding hydrogens is 200 g/mol. The van der Waals surface area contributed by atoms with E-state index in [2.05, 4.69) is 13.2 Å². The molecule has 0 aromatic carbocycles. The summed E-state index contributed by atoms with van der Waals surface area (Å²) in [7, 11) is 0. The molecule has 0 aromatic heterocycles. The van der Waals surface area contributed by atoms with Gasteiger partial charge in [0.15, 0.2) is 11.6 Å². The van der Waals surface area contributed by atoms with Crippen molar-refractivity contribution in [2.45, 2.75) is 41.5 Å². The molecular formula is C14H22O2. The molecule has 16 heavy (non-hydrogen) atoms. The molecule has 0 atom stereocenters. The van der Waals surface area contributed by atoms with E-state index >= 15 is 0 Å². The van der Waals surface area contributed by atoms with Crippen LogP contribution in [0.3, 0.4) is 0 Å². The van der Waals surface area contributed by atoms with Gasteiger partial charge in [0, 0.05) is 10.8 Å². The Morgan fingerprint density at radius 3 is 1.06 bits per heavy atom. The van der Waals surface area contributed by atoms with E-state index in [4.69, 9.17) is 0 Å². The van der Waals surface area contributed by atoms with Crippen molar-refractivity contribution >= 4 is 11.6 Å². The lowest BCUT2D eigenvalue weighted by Crippen LogP contribution is -2.45. The largest absolute Gasteiger partial charge is 0.294 e. The third-order valence-electron chi connectivity index (χ3n) is 3.47. The molecule has 0 rings (SSSR count). The summed E-state index contributed by atoms with van der Waals surface area (Å²) in [6.45, 7) is 17.8. The van der Waals surface area contributed by atoms with Crippen molar-refractivity contribution in [1.82, 2.24) is 0 Å². The van der Waals surface area contributed by atoms with E-state index in [1.165, 1.54) is 0 Å². The lowest BCUT2D eigenvalue weighted by molar-refractivity contribution is -0.139. The monoisotopic (exact) mass is 222 g/mol. The molecule has 0 saturated carbocycles. The first-order chi connectivity index (χ1) is 6.96. The van der Waals surface area contributed by atoms with Crippen LogP contribution in [-0.2, 0) is 9.59 Å². The quantitative estimate of drug-likeness (QED) is 0.669. The van der Waals surface area contributed by atoms with Crippen molar-refractivity contribution in [3.8, 4) is 0 Å². The number of allylic oxidation sites excluding steroid dienone is 2. The molecule has 2 nitrogen and oxygen atoms in total. The van der Waals surface area contributed by atoms with Crippen LogP contribution in [0.25, 0.3) is 0 Å². The van der Waals surface area contributed by atoms with Gasteiger partial charge in [-0.1, -0.05) is 40.9 Å². The van der Waals surface area contributed by atoms with Gasteiger partial charge in [-0.15, -0.1) is 0 Å². The van der Waals surface area contributed by atoms with Crippen molar-refractivity contribution in [2.75, 3.05) is 0 Å². The Hall–Kier alpha value is -1.18. The predicted molar refractivity (Wildman–Crippen MR) is 67.2 cm³/mol. The van der Waals surface area contributed by atoms with Crippen molar-refractivity contribution in [2.24, 2.45) is 10.8 Å². The first-order valence-corrected chi connectivity index (χ1v) is 5.37. The third-order valence-corrected chi connectivity index (χ3v) is 3.47. The van der Waals surface area contributed by atoms with Gasteiger partial charge in [0.05, 0.1) is 0 Å². The predicted octanol–water partition coefficient (Wildman–Crippen LogP) is 3.33. The zero-order valence-corrected chi connectivity index (χ0v) is 11.2. The van der Waals surface area contributed by atoms with Crippen LogP contribution in [0, 0.1) is 10.8 Å². The maximum absolute atomic E-state index is 12.1. The summed E-state index contributed by atoms with van der Waals surface area (Å²) in [5.41, 5.74) is -0.579. The van der Waals surface area contributed by atoms with Crippen LogP contribution in [-0.4, -0.2) is 11.6 Å². The summed E-state index contributed by atoms with van der Waals surface area (Å²) in [6.07, 6.45) is 0. The van der Waals surface area contributed by atoms with Gasteiger partial charge in [-0.2, -0.15) is 0 Å². The lowest BCUT2D eigenvalue weighted by atomic mass is 9.61. The highest BCUT2D eigenvalue weighted by molar-refractivity contribution is 6.06. The molecule has 0 aliphatic heterocycles. The van der Waals surface area contributed by atoms with E-state index in [0.717, 1.165) is 0 Å². The van der Waals surface area contributed by atoms with Crippen LogP contribution in [0.15, 0.2) is 24.3 Å². The maximum Gasteiger partial charge on any atom is 0.164 e. The molecule has 0 N–H and O–H groups in total. The van der Waals surface area contributed by atoms with Gasteiger partial charge in [0.2, 0.25) is 0 Å². The summed E-state index contributed by atoms with van der Waals surface area (Å²) >= 11 is 0. The van der Waals surface area contributed by atoms with Gasteiger partial charge < -0.3 is 0 Å². The van der Waals surface area contributed by atoms with E-state index in [1.54, 1.807) is 41.5 Å². The Balaban J connectivity index is 5.45. The topological polar surface area (TPSA) is 34.1 Å². The van der Waals surface area contributed by atoms with E-state index in [-0.39, 0.29) is 11.6 Å². The zero-order valence-electron chi connectivity index (χ0n) is 11.2. The van der Waals surface area contributed by atoms with Gasteiger partial charge in [0.25, 0.3) is 0 Å². The van der Waals surface area contributed by atoms with Crippen LogP contribution in [0.1, 0.15) is 41.5 Å². The molecule has 2 heteroatoms. The van der Waals surface area contributed by atoms with E-state index in [9.17, 15) is 9.59 Å². The second kappa shape index (κ2) is 4.36. The Kier molecular flexibility index (Phi) is 4.04.